The lowest BCUT2D eigenvalue weighted by atomic mass is 9.98. The Morgan fingerprint density at radius 2 is 1.72 bits per heavy atom. The first kappa shape index (κ1) is 19.3. The molecule has 2 aliphatic rings. The molecule has 0 aromatic heterocycles. The molecule has 0 atom stereocenters. The van der Waals surface area contributed by atoms with Gasteiger partial charge in [-0.05, 0) is 41.8 Å². The van der Waals surface area contributed by atoms with Gasteiger partial charge in [0, 0.05) is 13.1 Å². The Morgan fingerprint density at radius 1 is 1.07 bits per heavy atom. The summed E-state index contributed by atoms with van der Waals surface area (Å²) in [5.74, 6) is 0.0961. The van der Waals surface area contributed by atoms with Crippen LogP contribution < -0.4 is 9.47 Å². The molecule has 2 amide bonds. The summed E-state index contributed by atoms with van der Waals surface area (Å²) in [5.41, 5.74) is 2.05. The molecule has 8 nitrogen and oxygen atoms in total. The summed E-state index contributed by atoms with van der Waals surface area (Å²) in [5, 5.41) is 0. The maximum absolute atomic E-state index is 12.8. The van der Waals surface area contributed by atoms with Gasteiger partial charge in [0.05, 0.1) is 19.8 Å². The number of sulfonamides is 1. The van der Waals surface area contributed by atoms with E-state index >= 15 is 0 Å². The summed E-state index contributed by atoms with van der Waals surface area (Å²) in [6, 6.07) is 9.70. The summed E-state index contributed by atoms with van der Waals surface area (Å²) in [4.78, 5) is 26.9. The molecule has 2 aromatic carbocycles. The quantitative estimate of drug-likeness (QED) is 0.749. The number of benzene rings is 2. The lowest BCUT2D eigenvalue weighted by molar-refractivity contribution is -0.132. The van der Waals surface area contributed by atoms with Crippen LogP contribution in [0.4, 0.5) is 0 Å². The molecule has 9 heteroatoms. The van der Waals surface area contributed by atoms with Crippen molar-refractivity contribution < 1.29 is 27.5 Å². The van der Waals surface area contributed by atoms with E-state index in [1.807, 2.05) is 12.1 Å². The number of ether oxygens (including phenoxy) is 2. The van der Waals surface area contributed by atoms with E-state index in [0.717, 1.165) is 11.1 Å². The molecule has 0 fully saturated rings. The molecule has 0 radical (unpaired) electrons. The molecule has 2 aromatic rings. The van der Waals surface area contributed by atoms with Gasteiger partial charge in [-0.3, -0.25) is 9.59 Å². The van der Waals surface area contributed by atoms with Crippen LogP contribution in [-0.2, 0) is 27.8 Å². The fraction of sp³-hybridized carbons (Fsp3) is 0.300. The zero-order valence-electron chi connectivity index (χ0n) is 16.0. The lowest BCUT2D eigenvalue weighted by Crippen LogP contribution is -2.44. The minimum atomic E-state index is -4.01. The van der Waals surface area contributed by atoms with Gasteiger partial charge < -0.3 is 14.4 Å². The third-order valence-corrected chi connectivity index (χ3v) is 7.05. The fourth-order valence-corrected chi connectivity index (χ4v) is 5.22. The highest BCUT2D eigenvalue weighted by Crippen LogP contribution is 2.34. The van der Waals surface area contributed by atoms with Crippen molar-refractivity contribution in [1.82, 2.24) is 9.21 Å². The van der Waals surface area contributed by atoms with Gasteiger partial charge in [0.1, 0.15) is 11.4 Å². The average molecular weight is 416 g/mol. The molecule has 0 saturated heterocycles. The zero-order chi connectivity index (χ0) is 20.8. The van der Waals surface area contributed by atoms with Gasteiger partial charge in [0.2, 0.25) is 5.91 Å². The molecule has 29 heavy (non-hydrogen) atoms. The van der Waals surface area contributed by atoms with Crippen molar-refractivity contribution in [3.05, 3.63) is 53.1 Å². The van der Waals surface area contributed by atoms with Gasteiger partial charge in [0.25, 0.3) is 15.9 Å². The minimum absolute atomic E-state index is 0.0568. The SMILES string of the molecule is COc1cc2c(cc1OC)CN(C(=O)CN1C(=O)c3ccccc3S1(=O)=O)CC2. The second kappa shape index (κ2) is 7.07. The van der Waals surface area contributed by atoms with Gasteiger partial charge in [-0.25, -0.2) is 12.7 Å². The van der Waals surface area contributed by atoms with Crippen molar-refractivity contribution in [2.45, 2.75) is 17.9 Å². The summed E-state index contributed by atoms with van der Waals surface area (Å²) in [6.07, 6.45) is 0.600. The molecular weight excluding hydrogens is 396 g/mol. The smallest absolute Gasteiger partial charge is 0.269 e. The van der Waals surface area contributed by atoms with Crippen molar-refractivity contribution in [1.29, 1.82) is 0 Å². The monoisotopic (exact) mass is 416 g/mol. The lowest BCUT2D eigenvalue weighted by Gasteiger charge is -2.30. The Kier molecular flexibility index (Phi) is 4.70. The zero-order valence-corrected chi connectivity index (χ0v) is 16.9. The van der Waals surface area contributed by atoms with Gasteiger partial charge in [-0.1, -0.05) is 12.1 Å². The molecule has 0 saturated carbocycles. The molecular formula is C20H20N2O6S. The third kappa shape index (κ3) is 3.11. The summed E-state index contributed by atoms with van der Waals surface area (Å²) >= 11 is 0. The van der Waals surface area contributed by atoms with Crippen LogP contribution in [0, 0.1) is 0 Å². The average Bonchev–Trinajstić information content (AvgIpc) is 2.93. The number of amides is 2. The number of hydrogen-bond acceptors (Lipinski definition) is 6. The standard InChI is InChI=1S/C20H20N2O6S/c1-27-16-9-13-7-8-21(11-14(13)10-17(16)28-2)19(23)12-22-20(24)15-5-3-4-6-18(15)29(22,25)26/h3-6,9-10H,7-8,11-12H2,1-2H3. The highest BCUT2D eigenvalue weighted by molar-refractivity contribution is 7.90. The van der Waals surface area contributed by atoms with E-state index in [2.05, 4.69) is 0 Å². The molecule has 4 rings (SSSR count). The van der Waals surface area contributed by atoms with Crippen molar-refractivity contribution in [2.75, 3.05) is 27.3 Å². The first-order chi connectivity index (χ1) is 13.9. The van der Waals surface area contributed by atoms with Crippen LogP contribution in [0.15, 0.2) is 41.3 Å². The first-order valence-electron chi connectivity index (χ1n) is 9.04. The number of methoxy groups -OCH3 is 2. The van der Waals surface area contributed by atoms with Gasteiger partial charge in [0.15, 0.2) is 11.5 Å². The van der Waals surface area contributed by atoms with E-state index in [0.29, 0.717) is 35.3 Å². The van der Waals surface area contributed by atoms with Crippen molar-refractivity contribution >= 4 is 21.8 Å². The summed E-state index contributed by atoms with van der Waals surface area (Å²) < 4.78 is 36.6. The van der Waals surface area contributed by atoms with E-state index in [1.165, 1.54) is 19.2 Å². The number of fused-ring (bicyclic) bond motifs is 2. The van der Waals surface area contributed by atoms with Crippen molar-refractivity contribution in [3.63, 3.8) is 0 Å². The van der Waals surface area contributed by atoms with Crippen LogP contribution in [0.1, 0.15) is 21.5 Å². The molecule has 0 unspecified atom stereocenters. The van der Waals surface area contributed by atoms with Gasteiger partial charge in [-0.15, -0.1) is 0 Å². The largest absolute Gasteiger partial charge is 0.493 e. The Labute approximate surface area is 168 Å². The normalized spacial score (nSPS) is 17.0. The number of rotatable bonds is 4. The van der Waals surface area contributed by atoms with E-state index < -0.39 is 28.4 Å². The highest BCUT2D eigenvalue weighted by Gasteiger charge is 2.42. The molecule has 152 valence electrons. The Hall–Kier alpha value is -3.07. The fourth-order valence-electron chi connectivity index (χ4n) is 3.71. The molecule has 0 N–H and O–H groups in total. The number of carbonyl (C=O) groups is 2. The number of carbonyl (C=O) groups excluding carboxylic acids is 2. The van der Waals surface area contributed by atoms with Gasteiger partial charge >= 0.3 is 0 Å². The molecule has 0 bridgehead atoms. The topological polar surface area (TPSA) is 93.2 Å². The van der Waals surface area contributed by atoms with Gasteiger partial charge in [-0.2, -0.15) is 0 Å². The maximum atomic E-state index is 12.8. The Balaban J connectivity index is 1.55. The summed E-state index contributed by atoms with van der Waals surface area (Å²) in [7, 11) is -0.907. The molecule has 2 heterocycles. The van der Waals surface area contributed by atoms with E-state index in [1.54, 1.807) is 24.1 Å². The summed E-state index contributed by atoms with van der Waals surface area (Å²) in [6.45, 7) is 0.221. The van der Waals surface area contributed by atoms with Crippen LogP contribution in [-0.4, -0.2) is 56.7 Å². The Bertz CT molecular complexity index is 1110. The molecule has 0 spiro atoms. The Morgan fingerprint density at radius 3 is 2.38 bits per heavy atom. The van der Waals surface area contributed by atoms with E-state index in [9.17, 15) is 18.0 Å². The van der Waals surface area contributed by atoms with E-state index in [-0.39, 0.29) is 10.5 Å². The molecule has 0 aliphatic carbocycles. The molecule has 2 aliphatic heterocycles. The van der Waals surface area contributed by atoms with Crippen LogP contribution in [0.3, 0.4) is 0 Å². The second-order valence-electron chi connectivity index (χ2n) is 6.85. The van der Waals surface area contributed by atoms with Crippen LogP contribution in [0.5, 0.6) is 11.5 Å². The van der Waals surface area contributed by atoms with Crippen molar-refractivity contribution in [3.8, 4) is 11.5 Å². The van der Waals surface area contributed by atoms with Crippen LogP contribution in [0.25, 0.3) is 0 Å². The van der Waals surface area contributed by atoms with E-state index in [4.69, 9.17) is 9.47 Å². The maximum Gasteiger partial charge on any atom is 0.269 e. The van der Waals surface area contributed by atoms with Crippen LogP contribution >= 0.6 is 0 Å². The third-order valence-electron chi connectivity index (χ3n) is 5.26. The minimum Gasteiger partial charge on any atom is -0.493 e. The predicted octanol–water partition coefficient (Wildman–Crippen LogP) is 1.43. The number of hydrogen-bond donors (Lipinski definition) is 0. The predicted molar refractivity (Wildman–Crippen MR) is 103 cm³/mol. The van der Waals surface area contributed by atoms with Crippen LogP contribution in [0.2, 0.25) is 0 Å². The first-order valence-corrected chi connectivity index (χ1v) is 10.5. The second-order valence-corrected chi connectivity index (χ2v) is 8.68. The number of nitrogens with zero attached hydrogens (tertiary/aromatic N) is 2. The van der Waals surface area contributed by atoms with Crippen molar-refractivity contribution in [2.24, 2.45) is 0 Å². The highest BCUT2D eigenvalue weighted by atomic mass is 32.2.